The van der Waals surface area contributed by atoms with Gasteiger partial charge in [-0.25, -0.2) is 4.98 Å². The number of morpholine rings is 1. The summed E-state index contributed by atoms with van der Waals surface area (Å²) in [5, 5.41) is 5.37. The summed E-state index contributed by atoms with van der Waals surface area (Å²) in [6.45, 7) is 2.29. The van der Waals surface area contributed by atoms with E-state index in [0.29, 0.717) is 62.0 Å². The van der Waals surface area contributed by atoms with Crippen LogP contribution in [0.5, 0.6) is 5.75 Å². The molecule has 172 valence electrons. The summed E-state index contributed by atoms with van der Waals surface area (Å²) in [6.07, 6.45) is -1.72. The van der Waals surface area contributed by atoms with Crippen molar-refractivity contribution in [2.75, 3.05) is 50.6 Å². The molecule has 1 aromatic heterocycles. The van der Waals surface area contributed by atoms with Gasteiger partial charge in [0.25, 0.3) is 5.91 Å². The molecule has 0 unspecified atom stereocenters. The van der Waals surface area contributed by atoms with Crippen molar-refractivity contribution in [2.45, 2.75) is 19.0 Å². The summed E-state index contributed by atoms with van der Waals surface area (Å²) >= 11 is 0. The number of para-hydroxylation sites is 1. The Labute approximate surface area is 183 Å². The molecule has 2 aromatic rings. The molecule has 1 aliphatic heterocycles. The van der Waals surface area contributed by atoms with Gasteiger partial charge in [0.15, 0.2) is 0 Å². The molecule has 1 aliphatic carbocycles. The highest BCUT2D eigenvalue weighted by Gasteiger charge is 2.35. The highest BCUT2D eigenvalue weighted by molar-refractivity contribution is 6.01. The second-order valence-corrected chi connectivity index (χ2v) is 7.67. The Kier molecular flexibility index (Phi) is 6.35. The lowest BCUT2D eigenvalue weighted by molar-refractivity contribution is -0.137. The van der Waals surface area contributed by atoms with Gasteiger partial charge in [-0.2, -0.15) is 18.2 Å². The third kappa shape index (κ3) is 5.04. The van der Waals surface area contributed by atoms with Crippen LogP contribution in [-0.2, 0) is 10.9 Å². The van der Waals surface area contributed by atoms with Gasteiger partial charge in [-0.05, 0) is 30.9 Å². The number of amides is 1. The van der Waals surface area contributed by atoms with E-state index in [1.807, 2.05) is 0 Å². The molecule has 2 N–H and O–H groups in total. The van der Waals surface area contributed by atoms with E-state index in [2.05, 4.69) is 20.6 Å². The molecule has 0 atom stereocenters. The molecule has 8 nitrogen and oxygen atoms in total. The van der Waals surface area contributed by atoms with Crippen LogP contribution in [0.15, 0.2) is 24.4 Å². The SMILES string of the molecule is CNc1nc(Nc2c(OCC3CC3)cccc2C(=O)N2CCOCC2)ncc1C(F)(F)F. The molecule has 1 saturated carbocycles. The van der Waals surface area contributed by atoms with Crippen LogP contribution in [0.4, 0.5) is 30.6 Å². The standard InChI is InChI=1S/C21H24F3N5O3/c1-25-18-15(21(22,23)24)11-26-20(28-18)27-17-14(19(30)29-7-9-31-10-8-29)3-2-4-16(17)32-12-13-5-6-13/h2-4,11,13H,5-10,12H2,1H3,(H2,25,26,27,28). The number of carbonyl (C=O) groups is 1. The number of ether oxygens (including phenoxy) is 2. The summed E-state index contributed by atoms with van der Waals surface area (Å²) in [5.41, 5.74) is -0.324. The van der Waals surface area contributed by atoms with Crippen LogP contribution in [0.25, 0.3) is 0 Å². The Hall–Kier alpha value is -3.08. The average molecular weight is 451 g/mol. The zero-order chi connectivity index (χ0) is 22.7. The Morgan fingerprint density at radius 1 is 1.28 bits per heavy atom. The van der Waals surface area contributed by atoms with Crippen LogP contribution in [-0.4, -0.2) is 60.7 Å². The van der Waals surface area contributed by atoms with Crippen LogP contribution in [0, 0.1) is 5.92 Å². The fraction of sp³-hybridized carbons (Fsp3) is 0.476. The predicted octanol–water partition coefficient (Wildman–Crippen LogP) is 3.54. The molecule has 4 rings (SSSR count). The highest BCUT2D eigenvalue weighted by atomic mass is 19.4. The molecule has 1 amide bonds. The lowest BCUT2D eigenvalue weighted by Crippen LogP contribution is -2.40. The molecule has 32 heavy (non-hydrogen) atoms. The zero-order valence-electron chi connectivity index (χ0n) is 17.5. The number of hydrogen-bond donors (Lipinski definition) is 2. The van der Waals surface area contributed by atoms with Crippen LogP contribution in [0.1, 0.15) is 28.8 Å². The lowest BCUT2D eigenvalue weighted by atomic mass is 10.1. The van der Waals surface area contributed by atoms with Crippen molar-refractivity contribution in [3.05, 3.63) is 35.5 Å². The van der Waals surface area contributed by atoms with Gasteiger partial charge < -0.3 is 25.0 Å². The number of anilines is 3. The molecule has 2 fully saturated rings. The summed E-state index contributed by atoms with van der Waals surface area (Å²) in [7, 11) is 1.35. The van der Waals surface area contributed by atoms with Crippen molar-refractivity contribution in [1.82, 2.24) is 14.9 Å². The molecule has 0 spiro atoms. The van der Waals surface area contributed by atoms with E-state index in [-0.39, 0.29) is 17.7 Å². The van der Waals surface area contributed by atoms with Gasteiger partial charge >= 0.3 is 6.18 Å². The number of hydrogen-bond acceptors (Lipinski definition) is 7. The number of benzene rings is 1. The third-order valence-electron chi connectivity index (χ3n) is 5.29. The summed E-state index contributed by atoms with van der Waals surface area (Å²) in [4.78, 5) is 22.7. The number of carbonyl (C=O) groups excluding carboxylic acids is 1. The fourth-order valence-corrected chi connectivity index (χ4v) is 3.34. The maximum absolute atomic E-state index is 13.2. The maximum atomic E-state index is 13.2. The van der Waals surface area contributed by atoms with E-state index >= 15 is 0 Å². The Morgan fingerprint density at radius 2 is 2.03 bits per heavy atom. The first-order valence-electron chi connectivity index (χ1n) is 10.4. The normalized spacial score (nSPS) is 16.6. The average Bonchev–Trinajstić information content (AvgIpc) is 3.62. The molecule has 2 heterocycles. The zero-order valence-corrected chi connectivity index (χ0v) is 17.5. The van der Waals surface area contributed by atoms with Gasteiger partial charge in [-0.15, -0.1) is 0 Å². The third-order valence-corrected chi connectivity index (χ3v) is 5.29. The van der Waals surface area contributed by atoms with E-state index < -0.39 is 11.7 Å². The number of alkyl halides is 3. The Balaban J connectivity index is 1.67. The van der Waals surface area contributed by atoms with E-state index in [9.17, 15) is 18.0 Å². The number of nitrogens with one attached hydrogen (secondary N) is 2. The second kappa shape index (κ2) is 9.19. The molecule has 1 saturated heterocycles. The van der Waals surface area contributed by atoms with Gasteiger partial charge in [0.1, 0.15) is 17.1 Å². The van der Waals surface area contributed by atoms with E-state index in [1.54, 1.807) is 23.1 Å². The topological polar surface area (TPSA) is 88.6 Å². The number of rotatable bonds is 7. The molecular weight excluding hydrogens is 427 g/mol. The largest absolute Gasteiger partial charge is 0.491 e. The van der Waals surface area contributed by atoms with Crippen molar-refractivity contribution < 1.29 is 27.4 Å². The first-order valence-corrected chi connectivity index (χ1v) is 10.4. The minimum Gasteiger partial charge on any atom is -0.491 e. The monoisotopic (exact) mass is 451 g/mol. The molecule has 11 heteroatoms. The quantitative estimate of drug-likeness (QED) is 0.666. The Bertz CT molecular complexity index is 976. The summed E-state index contributed by atoms with van der Waals surface area (Å²) in [6, 6.07) is 5.07. The summed E-state index contributed by atoms with van der Waals surface area (Å²) < 4.78 is 50.8. The predicted molar refractivity (Wildman–Crippen MR) is 111 cm³/mol. The van der Waals surface area contributed by atoms with Crippen LogP contribution in [0.2, 0.25) is 0 Å². The van der Waals surface area contributed by atoms with Crippen LogP contribution in [0.3, 0.4) is 0 Å². The summed E-state index contributed by atoms with van der Waals surface area (Å²) in [5.74, 6) is 0.215. The van der Waals surface area contributed by atoms with E-state index in [4.69, 9.17) is 9.47 Å². The molecule has 0 radical (unpaired) electrons. The minimum absolute atomic E-state index is 0.0825. The maximum Gasteiger partial charge on any atom is 0.421 e. The van der Waals surface area contributed by atoms with Gasteiger partial charge in [-0.1, -0.05) is 6.07 Å². The lowest BCUT2D eigenvalue weighted by Gasteiger charge is -2.28. The second-order valence-electron chi connectivity index (χ2n) is 7.67. The van der Waals surface area contributed by atoms with E-state index in [1.165, 1.54) is 7.05 Å². The Morgan fingerprint density at radius 3 is 2.69 bits per heavy atom. The smallest absolute Gasteiger partial charge is 0.421 e. The van der Waals surface area contributed by atoms with Gasteiger partial charge in [0.05, 0.1) is 31.1 Å². The number of aromatic nitrogens is 2. The van der Waals surface area contributed by atoms with Crippen molar-refractivity contribution >= 4 is 23.4 Å². The minimum atomic E-state index is -4.60. The van der Waals surface area contributed by atoms with Gasteiger partial charge in [0, 0.05) is 26.3 Å². The highest BCUT2D eigenvalue weighted by Crippen LogP contribution is 2.37. The molecule has 0 bridgehead atoms. The van der Waals surface area contributed by atoms with Gasteiger partial charge in [0.2, 0.25) is 5.95 Å². The number of nitrogens with zero attached hydrogens (tertiary/aromatic N) is 3. The van der Waals surface area contributed by atoms with Crippen LogP contribution >= 0.6 is 0 Å². The molecular formula is C21H24F3N5O3. The van der Waals surface area contributed by atoms with Crippen LogP contribution < -0.4 is 15.4 Å². The van der Waals surface area contributed by atoms with Crippen molar-refractivity contribution in [1.29, 1.82) is 0 Å². The molecule has 2 aliphatic rings. The van der Waals surface area contributed by atoms with Crippen molar-refractivity contribution in [3.8, 4) is 5.75 Å². The first kappa shape index (κ1) is 22.1. The van der Waals surface area contributed by atoms with Gasteiger partial charge in [-0.3, -0.25) is 4.79 Å². The number of halogens is 3. The first-order chi connectivity index (χ1) is 15.4. The van der Waals surface area contributed by atoms with Crippen molar-refractivity contribution in [2.24, 2.45) is 5.92 Å². The fourth-order valence-electron chi connectivity index (χ4n) is 3.34. The van der Waals surface area contributed by atoms with Crippen molar-refractivity contribution in [3.63, 3.8) is 0 Å². The van der Waals surface area contributed by atoms with E-state index in [0.717, 1.165) is 12.8 Å². The molecule has 1 aromatic carbocycles.